The third-order valence-corrected chi connectivity index (χ3v) is 2.26. The summed E-state index contributed by atoms with van der Waals surface area (Å²) < 4.78 is 17.6. The van der Waals surface area contributed by atoms with Crippen LogP contribution in [0.5, 0.6) is 0 Å². The predicted octanol–water partition coefficient (Wildman–Crippen LogP) is 3.25. The zero-order chi connectivity index (χ0) is 10.8. The monoisotopic (exact) mass is 204 g/mol. The van der Waals surface area contributed by atoms with E-state index in [1.165, 1.54) is 20.0 Å². The second kappa shape index (κ2) is 8.97. The molecule has 1 atom stereocenters. The van der Waals surface area contributed by atoms with Crippen molar-refractivity contribution in [2.45, 2.75) is 58.0 Å². The van der Waals surface area contributed by atoms with Crippen molar-refractivity contribution in [2.75, 3.05) is 7.11 Å². The molecule has 84 valence electrons. The largest absolute Gasteiger partial charge is 0.469 e. The molecule has 0 aliphatic heterocycles. The van der Waals surface area contributed by atoms with Gasteiger partial charge in [0.1, 0.15) is 6.17 Å². The van der Waals surface area contributed by atoms with Crippen LogP contribution in [0.1, 0.15) is 51.9 Å². The van der Waals surface area contributed by atoms with Gasteiger partial charge in [-0.3, -0.25) is 4.79 Å². The van der Waals surface area contributed by atoms with Gasteiger partial charge in [-0.1, -0.05) is 32.6 Å². The second-order valence-electron chi connectivity index (χ2n) is 3.56. The molecule has 0 fully saturated rings. The van der Waals surface area contributed by atoms with Crippen molar-refractivity contribution < 1.29 is 13.9 Å². The van der Waals surface area contributed by atoms with Crippen molar-refractivity contribution >= 4 is 5.97 Å². The summed E-state index contributed by atoms with van der Waals surface area (Å²) in [6.45, 7) is 2.13. The molecule has 14 heavy (non-hydrogen) atoms. The van der Waals surface area contributed by atoms with Gasteiger partial charge in [0.05, 0.1) is 7.11 Å². The van der Waals surface area contributed by atoms with Gasteiger partial charge in [-0.25, -0.2) is 4.39 Å². The van der Waals surface area contributed by atoms with E-state index in [1.807, 2.05) is 0 Å². The molecule has 0 aliphatic rings. The topological polar surface area (TPSA) is 26.3 Å². The fourth-order valence-corrected chi connectivity index (χ4v) is 1.31. The van der Waals surface area contributed by atoms with E-state index in [0.717, 1.165) is 12.8 Å². The average molecular weight is 204 g/mol. The number of ether oxygens (including phenoxy) is 1. The van der Waals surface area contributed by atoms with Gasteiger partial charge in [-0.2, -0.15) is 0 Å². The van der Waals surface area contributed by atoms with Crippen molar-refractivity contribution in [3.05, 3.63) is 0 Å². The van der Waals surface area contributed by atoms with Crippen molar-refractivity contribution in [2.24, 2.45) is 0 Å². The Kier molecular flexibility index (Phi) is 8.59. The summed E-state index contributed by atoms with van der Waals surface area (Å²) in [5.41, 5.74) is 0. The Labute approximate surface area is 85.8 Å². The maximum atomic E-state index is 13.1. The van der Waals surface area contributed by atoms with Gasteiger partial charge in [0.2, 0.25) is 0 Å². The number of halogens is 1. The normalized spacial score (nSPS) is 12.5. The van der Waals surface area contributed by atoms with Gasteiger partial charge >= 0.3 is 5.97 Å². The Morgan fingerprint density at radius 2 is 2.00 bits per heavy atom. The number of hydrogen-bond donors (Lipinski definition) is 0. The molecule has 0 rings (SSSR count). The lowest BCUT2D eigenvalue weighted by Gasteiger charge is -2.06. The highest BCUT2D eigenvalue weighted by atomic mass is 19.1. The predicted molar refractivity (Wildman–Crippen MR) is 54.9 cm³/mol. The minimum absolute atomic E-state index is 0.200. The van der Waals surface area contributed by atoms with Gasteiger partial charge in [-0.15, -0.1) is 0 Å². The van der Waals surface area contributed by atoms with Crippen LogP contribution in [0, 0.1) is 0 Å². The summed E-state index contributed by atoms with van der Waals surface area (Å²) in [6, 6.07) is 0. The molecular weight excluding hydrogens is 183 g/mol. The Hall–Kier alpha value is -0.600. The first-order chi connectivity index (χ1) is 6.70. The number of esters is 1. The number of hydrogen-bond acceptors (Lipinski definition) is 2. The average Bonchev–Trinajstić information content (AvgIpc) is 2.21. The quantitative estimate of drug-likeness (QED) is 0.448. The maximum Gasteiger partial charge on any atom is 0.305 e. The van der Waals surface area contributed by atoms with E-state index in [2.05, 4.69) is 11.7 Å². The molecule has 0 saturated carbocycles. The lowest BCUT2D eigenvalue weighted by molar-refractivity contribution is -0.141. The molecule has 0 aromatic heterocycles. The fraction of sp³-hybridized carbons (Fsp3) is 0.909. The lowest BCUT2D eigenvalue weighted by atomic mass is 10.1. The molecule has 0 radical (unpaired) electrons. The van der Waals surface area contributed by atoms with E-state index < -0.39 is 6.17 Å². The molecule has 0 spiro atoms. The van der Waals surface area contributed by atoms with Crippen molar-refractivity contribution in [1.29, 1.82) is 0 Å². The molecule has 0 aromatic rings. The fourth-order valence-electron chi connectivity index (χ4n) is 1.31. The van der Waals surface area contributed by atoms with Crippen LogP contribution in [0.4, 0.5) is 4.39 Å². The molecule has 0 aromatic carbocycles. The molecule has 0 amide bonds. The van der Waals surface area contributed by atoms with E-state index in [-0.39, 0.29) is 12.4 Å². The van der Waals surface area contributed by atoms with Crippen LogP contribution in [0.2, 0.25) is 0 Å². The highest BCUT2D eigenvalue weighted by Crippen LogP contribution is 2.12. The van der Waals surface area contributed by atoms with E-state index in [1.54, 1.807) is 0 Å². The van der Waals surface area contributed by atoms with E-state index in [0.29, 0.717) is 12.8 Å². The van der Waals surface area contributed by atoms with Crippen LogP contribution in [-0.4, -0.2) is 19.3 Å². The van der Waals surface area contributed by atoms with E-state index in [9.17, 15) is 9.18 Å². The molecule has 0 saturated heterocycles. The van der Waals surface area contributed by atoms with Gasteiger partial charge in [0, 0.05) is 6.42 Å². The third-order valence-electron chi connectivity index (χ3n) is 2.26. The summed E-state index contributed by atoms with van der Waals surface area (Å²) in [4.78, 5) is 10.7. The molecule has 0 aliphatic carbocycles. The van der Waals surface area contributed by atoms with Crippen molar-refractivity contribution in [1.82, 2.24) is 0 Å². The SMILES string of the molecule is CCCCCCC(F)CCC(=O)OC. The maximum absolute atomic E-state index is 13.1. The zero-order valence-corrected chi connectivity index (χ0v) is 9.22. The van der Waals surface area contributed by atoms with E-state index >= 15 is 0 Å². The molecule has 2 nitrogen and oxygen atoms in total. The summed E-state index contributed by atoms with van der Waals surface area (Å²) in [5.74, 6) is -0.318. The van der Waals surface area contributed by atoms with Gasteiger partial charge in [0.15, 0.2) is 0 Å². The minimum atomic E-state index is -0.842. The van der Waals surface area contributed by atoms with Crippen LogP contribution in [0.25, 0.3) is 0 Å². The summed E-state index contributed by atoms with van der Waals surface area (Å²) in [6.07, 6.45) is 4.60. The molecule has 0 heterocycles. The van der Waals surface area contributed by atoms with Crippen LogP contribution in [0.15, 0.2) is 0 Å². The first-order valence-corrected chi connectivity index (χ1v) is 5.41. The number of methoxy groups -OCH3 is 1. The molecule has 1 unspecified atom stereocenters. The zero-order valence-electron chi connectivity index (χ0n) is 9.22. The highest BCUT2D eigenvalue weighted by Gasteiger charge is 2.09. The standard InChI is InChI=1S/C11H21FO2/c1-3-4-5-6-7-10(12)8-9-11(13)14-2/h10H,3-9H2,1-2H3. The minimum Gasteiger partial charge on any atom is -0.469 e. The molecule has 0 N–H and O–H groups in total. The highest BCUT2D eigenvalue weighted by molar-refractivity contribution is 5.69. The first kappa shape index (κ1) is 13.4. The number of carbonyl (C=O) groups is 1. The summed E-state index contributed by atoms with van der Waals surface area (Å²) >= 11 is 0. The number of alkyl halides is 1. The first-order valence-electron chi connectivity index (χ1n) is 5.41. The summed E-state index contributed by atoms with van der Waals surface area (Å²) in [5, 5.41) is 0. The van der Waals surface area contributed by atoms with Crippen LogP contribution in [-0.2, 0) is 9.53 Å². The third kappa shape index (κ3) is 8.02. The smallest absolute Gasteiger partial charge is 0.305 e. The number of carbonyl (C=O) groups excluding carboxylic acids is 1. The number of unbranched alkanes of at least 4 members (excludes halogenated alkanes) is 3. The van der Waals surface area contributed by atoms with Crippen LogP contribution < -0.4 is 0 Å². The molecule has 3 heteroatoms. The van der Waals surface area contributed by atoms with Crippen molar-refractivity contribution in [3.63, 3.8) is 0 Å². The van der Waals surface area contributed by atoms with Gasteiger partial charge in [0.25, 0.3) is 0 Å². The Bertz CT molecular complexity index is 148. The van der Waals surface area contributed by atoms with Crippen LogP contribution in [0.3, 0.4) is 0 Å². The molecular formula is C11H21FO2. The van der Waals surface area contributed by atoms with E-state index in [4.69, 9.17) is 0 Å². The Morgan fingerprint density at radius 3 is 2.57 bits per heavy atom. The molecule has 0 bridgehead atoms. The number of rotatable bonds is 8. The van der Waals surface area contributed by atoms with Crippen molar-refractivity contribution in [3.8, 4) is 0 Å². The second-order valence-corrected chi connectivity index (χ2v) is 3.56. The summed E-state index contributed by atoms with van der Waals surface area (Å²) in [7, 11) is 1.33. The van der Waals surface area contributed by atoms with Crippen LogP contribution >= 0.6 is 0 Å². The Morgan fingerprint density at radius 1 is 1.29 bits per heavy atom. The Balaban J connectivity index is 3.27. The van der Waals surface area contributed by atoms with Gasteiger partial charge in [-0.05, 0) is 12.8 Å². The lowest BCUT2D eigenvalue weighted by Crippen LogP contribution is -2.06. The van der Waals surface area contributed by atoms with Gasteiger partial charge < -0.3 is 4.74 Å².